The van der Waals surface area contributed by atoms with Gasteiger partial charge in [-0.1, -0.05) is 30.3 Å². The lowest BCUT2D eigenvalue weighted by Crippen LogP contribution is -2.46. The number of anilines is 1. The summed E-state index contributed by atoms with van der Waals surface area (Å²) >= 11 is 0. The lowest BCUT2D eigenvalue weighted by atomic mass is 10.0. The number of carbonyl (C=O) groups excluding carboxylic acids is 1. The summed E-state index contributed by atoms with van der Waals surface area (Å²) in [6.07, 6.45) is -0.882. The third kappa shape index (κ3) is 3.12. The highest BCUT2D eigenvalue weighted by Gasteiger charge is 2.48. The Morgan fingerprint density at radius 2 is 1.92 bits per heavy atom. The van der Waals surface area contributed by atoms with Crippen LogP contribution in [0.1, 0.15) is 13.3 Å². The summed E-state index contributed by atoms with van der Waals surface area (Å²) in [6.45, 7) is 1.23. The van der Waals surface area contributed by atoms with Crippen molar-refractivity contribution in [1.82, 2.24) is 0 Å². The fourth-order valence-electron chi connectivity index (χ4n) is 3.02. The van der Waals surface area contributed by atoms with Gasteiger partial charge in [0.15, 0.2) is 14.6 Å². The molecule has 1 heterocycles. The third-order valence-electron chi connectivity index (χ3n) is 4.81. The van der Waals surface area contributed by atoms with Crippen molar-refractivity contribution in [3.63, 3.8) is 0 Å². The number of amides is 1. The van der Waals surface area contributed by atoms with Crippen LogP contribution in [0.2, 0.25) is 0 Å². The zero-order chi connectivity index (χ0) is 19.1. The predicted molar refractivity (Wildman–Crippen MR) is 97.1 cm³/mol. The first-order valence-corrected chi connectivity index (χ1v) is 9.91. The van der Waals surface area contributed by atoms with E-state index in [0.717, 1.165) is 24.0 Å². The summed E-state index contributed by atoms with van der Waals surface area (Å²) in [5, 5.41) is 11.3. The van der Waals surface area contributed by atoms with Crippen LogP contribution in [0.4, 0.5) is 10.5 Å². The zero-order valence-electron chi connectivity index (χ0n) is 14.4. The highest BCUT2D eigenvalue weighted by atomic mass is 32.2. The molecule has 138 valence electrons. The van der Waals surface area contributed by atoms with E-state index >= 15 is 0 Å². The SMILES string of the molecule is CC(CC1CN(c2ccc3ccccc3c2)C(=O)O1)(C(=O)O)S(C)(=O)=O. The molecule has 0 radical (unpaired) electrons. The van der Waals surface area contributed by atoms with Crippen LogP contribution in [0.5, 0.6) is 0 Å². The number of aliphatic carboxylic acids is 1. The Kier molecular flexibility index (Phi) is 4.39. The minimum atomic E-state index is -3.89. The molecule has 1 aliphatic rings. The lowest BCUT2D eigenvalue weighted by Gasteiger charge is -2.24. The maximum absolute atomic E-state index is 12.2. The number of carboxylic acids is 1. The molecule has 1 amide bonds. The van der Waals surface area contributed by atoms with Crippen molar-refractivity contribution in [2.75, 3.05) is 17.7 Å². The van der Waals surface area contributed by atoms with Crippen LogP contribution < -0.4 is 4.90 Å². The van der Waals surface area contributed by atoms with Gasteiger partial charge in [-0.2, -0.15) is 0 Å². The van der Waals surface area contributed by atoms with Gasteiger partial charge in [0.25, 0.3) is 0 Å². The highest BCUT2D eigenvalue weighted by Crippen LogP contribution is 2.31. The fourth-order valence-corrected chi connectivity index (χ4v) is 3.82. The summed E-state index contributed by atoms with van der Waals surface area (Å²) in [6, 6.07) is 13.2. The Labute approximate surface area is 151 Å². The monoisotopic (exact) mass is 377 g/mol. The number of nitrogens with zero attached hydrogens (tertiary/aromatic N) is 1. The number of cyclic esters (lactones) is 1. The summed E-state index contributed by atoms with van der Waals surface area (Å²) in [7, 11) is -3.89. The molecule has 1 N–H and O–H groups in total. The molecule has 2 atom stereocenters. The van der Waals surface area contributed by atoms with Gasteiger partial charge in [-0.3, -0.25) is 9.69 Å². The highest BCUT2D eigenvalue weighted by molar-refractivity contribution is 7.92. The van der Waals surface area contributed by atoms with Crippen molar-refractivity contribution in [1.29, 1.82) is 0 Å². The first-order chi connectivity index (χ1) is 12.1. The van der Waals surface area contributed by atoms with Gasteiger partial charge in [0, 0.05) is 18.4 Å². The molecule has 1 fully saturated rings. The molecule has 2 aromatic rings. The zero-order valence-corrected chi connectivity index (χ0v) is 15.2. The summed E-state index contributed by atoms with van der Waals surface area (Å²) in [5.74, 6) is -1.46. The third-order valence-corrected chi connectivity index (χ3v) is 6.78. The van der Waals surface area contributed by atoms with Crippen LogP contribution >= 0.6 is 0 Å². The van der Waals surface area contributed by atoms with E-state index < -0.39 is 32.8 Å². The minimum Gasteiger partial charge on any atom is -0.480 e. The topological polar surface area (TPSA) is 101 Å². The van der Waals surface area contributed by atoms with Crippen molar-refractivity contribution < 1.29 is 27.9 Å². The molecule has 3 rings (SSSR count). The molecule has 7 nitrogen and oxygen atoms in total. The largest absolute Gasteiger partial charge is 0.480 e. The van der Waals surface area contributed by atoms with E-state index in [2.05, 4.69) is 0 Å². The van der Waals surface area contributed by atoms with Gasteiger partial charge in [0.05, 0.1) is 6.54 Å². The maximum Gasteiger partial charge on any atom is 0.414 e. The number of carboxylic acid groups (broad SMARTS) is 1. The number of carbonyl (C=O) groups is 2. The predicted octanol–water partition coefficient (Wildman–Crippen LogP) is 2.44. The summed E-state index contributed by atoms with van der Waals surface area (Å²) in [5.41, 5.74) is 0.618. The molecule has 1 aliphatic heterocycles. The van der Waals surface area contributed by atoms with Crippen LogP contribution in [-0.2, 0) is 19.4 Å². The Hall–Kier alpha value is -2.61. The fraction of sp³-hybridized carbons (Fsp3) is 0.333. The number of rotatable bonds is 5. The van der Waals surface area contributed by atoms with E-state index in [1.807, 2.05) is 36.4 Å². The Morgan fingerprint density at radius 3 is 2.54 bits per heavy atom. The molecular formula is C18H19NO6S. The lowest BCUT2D eigenvalue weighted by molar-refractivity contribution is -0.140. The smallest absolute Gasteiger partial charge is 0.414 e. The van der Waals surface area contributed by atoms with Crippen molar-refractivity contribution in [3.8, 4) is 0 Å². The number of hydrogen-bond donors (Lipinski definition) is 1. The molecule has 2 aromatic carbocycles. The molecule has 8 heteroatoms. The van der Waals surface area contributed by atoms with Gasteiger partial charge in [-0.25, -0.2) is 13.2 Å². The van der Waals surface area contributed by atoms with Crippen LogP contribution in [0, 0.1) is 0 Å². The normalized spacial score (nSPS) is 20.0. The number of sulfone groups is 1. The molecule has 0 saturated carbocycles. The number of hydrogen-bond acceptors (Lipinski definition) is 5. The maximum atomic E-state index is 12.2. The van der Waals surface area contributed by atoms with Crippen LogP contribution in [-0.4, -0.2) is 49.2 Å². The molecule has 0 bridgehead atoms. The van der Waals surface area contributed by atoms with Crippen LogP contribution in [0.15, 0.2) is 42.5 Å². The van der Waals surface area contributed by atoms with E-state index in [9.17, 15) is 23.1 Å². The van der Waals surface area contributed by atoms with Gasteiger partial charge in [0.2, 0.25) is 0 Å². The Bertz CT molecular complexity index is 986. The van der Waals surface area contributed by atoms with E-state index in [-0.39, 0.29) is 13.0 Å². The summed E-state index contributed by atoms with van der Waals surface area (Å²) in [4.78, 5) is 25.1. The van der Waals surface area contributed by atoms with Gasteiger partial charge in [-0.05, 0) is 29.8 Å². The number of fused-ring (bicyclic) bond motifs is 1. The van der Waals surface area contributed by atoms with Crippen molar-refractivity contribution >= 4 is 38.4 Å². The average Bonchev–Trinajstić information content (AvgIpc) is 2.93. The molecule has 1 saturated heterocycles. The molecule has 2 unspecified atom stereocenters. The standard InChI is InChI=1S/C18H19NO6S/c1-18(16(20)21,26(2,23)24)10-15-11-19(17(22)25-15)14-8-7-12-5-3-4-6-13(12)9-14/h3-9,15H,10-11H2,1-2H3,(H,20,21). The molecule has 0 spiro atoms. The van der Waals surface area contributed by atoms with Crippen LogP contribution in [0.3, 0.4) is 0 Å². The number of benzene rings is 2. The van der Waals surface area contributed by atoms with Crippen molar-refractivity contribution in [3.05, 3.63) is 42.5 Å². The molecule has 0 aromatic heterocycles. The van der Waals surface area contributed by atoms with Gasteiger partial charge >= 0.3 is 12.1 Å². The average molecular weight is 377 g/mol. The van der Waals surface area contributed by atoms with E-state index in [1.165, 1.54) is 4.90 Å². The van der Waals surface area contributed by atoms with Gasteiger partial charge in [-0.15, -0.1) is 0 Å². The Balaban J connectivity index is 1.85. The van der Waals surface area contributed by atoms with E-state index in [4.69, 9.17) is 4.74 Å². The molecular weight excluding hydrogens is 358 g/mol. The van der Waals surface area contributed by atoms with Gasteiger partial charge < -0.3 is 9.84 Å². The minimum absolute atomic E-state index is 0.0928. The molecule has 0 aliphatic carbocycles. The second-order valence-electron chi connectivity index (χ2n) is 6.66. The first kappa shape index (κ1) is 18.2. The number of ether oxygens (including phenoxy) is 1. The van der Waals surface area contributed by atoms with Crippen LogP contribution in [0.25, 0.3) is 10.8 Å². The quantitative estimate of drug-likeness (QED) is 0.859. The van der Waals surface area contributed by atoms with E-state index in [0.29, 0.717) is 5.69 Å². The Morgan fingerprint density at radius 1 is 1.27 bits per heavy atom. The van der Waals surface area contributed by atoms with Crippen molar-refractivity contribution in [2.45, 2.75) is 24.2 Å². The van der Waals surface area contributed by atoms with Crippen molar-refractivity contribution in [2.24, 2.45) is 0 Å². The first-order valence-electron chi connectivity index (χ1n) is 8.02. The second-order valence-corrected chi connectivity index (χ2v) is 9.11. The molecule has 26 heavy (non-hydrogen) atoms. The van der Waals surface area contributed by atoms with E-state index in [1.54, 1.807) is 6.07 Å². The van der Waals surface area contributed by atoms with Gasteiger partial charge in [0.1, 0.15) is 6.10 Å². The second kappa shape index (κ2) is 6.28. The summed E-state index contributed by atoms with van der Waals surface area (Å²) < 4.78 is 27.1.